The summed E-state index contributed by atoms with van der Waals surface area (Å²) in [7, 11) is 1.43. The lowest BCUT2D eigenvalue weighted by Crippen LogP contribution is -2.58. The molecule has 0 aromatic carbocycles. The highest BCUT2D eigenvalue weighted by atomic mass is 16.5. The SMILES string of the molecule is COC(=O)C1=C(C)C(=O)C[C@H]2[C@]3(C)CCCC(C)(C)[C@H]3CC[C@]12C. The molecule has 24 heavy (non-hydrogen) atoms. The number of methoxy groups -OCH3 is 1. The molecule has 2 saturated carbocycles. The zero-order valence-electron chi connectivity index (χ0n) is 16.1. The average Bonchev–Trinajstić information content (AvgIpc) is 2.48. The monoisotopic (exact) mass is 332 g/mol. The van der Waals surface area contributed by atoms with Crippen LogP contribution in [-0.4, -0.2) is 18.9 Å². The summed E-state index contributed by atoms with van der Waals surface area (Å²) in [6.45, 7) is 11.2. The summed E-state index contributed by atoms with van der Waals surface area (Å²) in [5.41, 5.74) is 1.51. The van der Waals surface area contributed by atoms with E-state index in [1.54, 1.807) is 0 Å². The summed E-state index contributed by atoms with van der Waals surface area (Å²) >= 11 is 0. The van der Waals surface area contributed by atoms with Crippen LogP contribution in [0.5, 0.6) is 0 Å². The second kappa shape index (κ2) is 5.44. The number of carbonyl (C=O) groups is 2. The minimum Gasteiger partial charge on any atom is -0.466 e. The lowest BCUT2D eigenvalue weighted by molar-refractivity contribution is -0.152. The maximum atomic E-state index is 12.7. The van der Waals surface area contributed by atoms with Crippen LogP contribution in [0.15, 0.2) is 11.1 Å². The molecule has 3 aliphatic rings. The first-order chi connectivity index (χ1) is 11.1. The number of rotatable bonds is 1. The number of fused-ring (bicyclic) bond motifs is 3. The maximum Gasteiger partial charge on any atom is 0.334 e. The summed E-state index contributed by atoms with van der Waals surface area (Å²) in [6.07, 6.45) is 6.36. The van der Waals surface area contributed by atoms with Crippen LogP contribution in [0.4, 0.5) is 0 Å². The van der Waals surface area contributed by atoms with Gasteiger partial charge in [0, 0.05) is 23.0 Å². The fourth-order valence-corrected chi connectivity index (χ4v) is 6.80. The average molecular weight is 332 g/mol. The van der Waals surface area contributed by atoms with Gasteiger partial charge in [-0.25, -0.2) is 4.79 Å². The lowest BCUT2D eigenvalue weighted by Gasteiger charge is -2.63. The van der Waals surface area contributed by atoms with Gasteiger partial charge >= 0.3 is 5.97 Å². The van der Waals surface area contributed by atoms with E-state index in [1.807, 2.05) is 6.92 Å². The van der Waals surface area contributed by atoms with E-state index < -0.39 is 0 Å². The van der Waals surface area contributed by atoms with Gasteiger partial charge in [0.15, 0.2) is 5.78 Å². The van der Waals surface area contributed by atoms with Crippen LogP contribution in [0.25, 0.3) is 0 Å². The van der Waals surface area contributed by atoms with Crippen molar-refractivity contribution in [3.63, 3.8) is 0 Å². The molecule has 4 atom stereocenters. The third-order valence-electron chi connectivity index (χ3n) is 7.94. The molecule has 0 bridgehead atoms. The highest BCUT2D eigenvalue weighted by Crippen LogP contribution is 2.67. The van der Waals surface area contributed by atoms with Crippen LogP contribution in [-0.2, 0) is 14.3 Å². The summed E-state index contributed by atoms with van der Waals surface area (Å²) in [6, 6.07) is 0. The fraction of sp³-hybridized carbons (Fsp3) is 0.810. The van der Waals surface area contributed by atoms with E-state index >= 15 is 0 Å². The highest BCUT2D eigenvalue weighted by Gasteiger charge is 2.62. The van der Waals surface area contributed by atoms with Crippen molar-refractivity contribution in [2.45, 2.75) is 73.1 Å². The predicted molar refractivity (Wildman–Crippen MR) is 94.4 cm³/mol. The molecular formula is C21H32O3. The number of ketones is 1. The molecule has 3 heteroatoms. The summed E-state index contributed by atoms with van der Waals surface area (Å²) in [5.74, 6) is 0.712. The van der Waals surface area contributed by atoms with Gasteiger partial charge in [0.2, 0.25) is 0 Å². The smallest absolute Gasteiger partial charge is 0.334 e. The quantitative estimate of drug-likeness (QED) is 0.654. The van der Waals surface area contributed by atoms with Gasteiger partial charge in [-0.05, 0) is 55.3 Å². The number of allylic oxidation sites excluding steroid dienone is 1. The Labute approximate surface area is 146 Å². The predicted octanol–water partition coefficient (Wildman–Crippen LogP) is 4.70. The Morgan fingerprint density at radius 1 is 1.08 bits per heavy atom. The molecule has 0 unspecified atom stereocenters. The van der Waals surface area contributed by atoms with Crippen molar-refractivity contribution in [2.24, 2.45) is 28.1 Å². The molecule has 0 aromatic heterocycles. The van der Waals surface area contributed by atoms with Crippen molar-refractivity contribution >= 4 is 11.8 Å². The third kappa shape index (κ3) is 2.23. The van der Waals surface area contributed by atoms with Gasteiger partial charge in [0.25, 0.3) is 0 Å². The Bertz CT molecular complexity index is 615. The molecule has 0 aromatic rings. The second-order valence-electron chi connectivity index (χ2n) is 9.53. The van der Waals surface area contributed by atoms with Crippen LogP contribution in [0.1, 0.15) is 73.1 Å². The molecule has 0 N–H and O–H groups in total. The number of ether oxygens (including phenoxy) is 1. The van der Waals surface area contributed by atoms with Crippen molar-refractivity contribution in [3.8, 4) is 0 Å². The van der Waals surface area contributed by atoms with E-state index in [4.69, 9.17) is 4.74 Å². The van der Waals surface area contributed by atoms with Crippen LogP contribution >= 0.6 is 0 Å². The van der Waals surface area contributed by atoms with E-state index in [2.05, 4.69) is 27.7 Å². The Kier molecular flexibility index (Phi) is 4.01. The van der Waals surface area contributed by atoms with Crippen molar-refractivity contribution in [2.75, 3.05) is 7.11 Å². The summed E-state index contributed by atoms with van der Waals surface area (Å²) in [4.78, 5) is 25.3. The molecule has 0 aliphatic heterocycles. The minimum absolute atomic E-state index is 0.129. The van der Waals surface area contributed by atoms with Gasteiger partial charge in [0.1, 0.15) is 0 Å². The first kappa shape index (κ1) is 17.7. The normalized spacial score (nSPS) is 41.5. The molecule has 0 spiro atoms. The van der Waals surface area contributed by atoms with E-state index in [0.29, 0.717) is 28.9 Å². The van der Waals surface area contributed by atoms with Gasteiger partial charge < -0.3 is 4.74 Å². The highest BCUT2D eigenvalue weighted by molar-refractivity contribution is 6.05. The topological polar surface area (TPSA) is 43.4 Å². The maximum absolute atomic E-state index is 12.7. The largest absolute Gasteiger partial charge is 0.466 e. The standard InChI is InChI=1S/C21H32O3/c1-13-14(22)12-16-20(4)10-7-9-19(2,3)15(20)8-11-21(16,5)17(13)18(23)24-6/h15-16H,7-12H2,1-6H3/t15-,16+,20-,21+/m1/s1. The van der Waals surface area contributed by atoms with Gasteiger partial charge in [0.05, 0.1) is 7.11 Å². The van der Waals surface area contributed by atoms with Crippen molar-refractivity contribution in [1.82, 2.24) is 0 Å². The molecule has 134 valence electrons. The zero-order valence-corrected chi connectivity index (χ0v) is 16.1. The van der Waals surface area contributed by atoms with Gasteiger partial charge in [-0.15, -0.1) is 0 Å². The zero-order chi connectivity index (χ0) is 17.9. The molecular weight excluding hydrogens is 300 g/mol. The van der Waals surface area contributed by atoms with Gasteiger partial charge in [-0.2, -0.15) is 0 Å². The molecule has 0 radical (unpaired) electrons. The Morgan fingerprint density at radius 2 is 1.75 bits per heavy atom. The van der Waals surface area contributed by atoms with E-state index in [-0.39, 0.29) is 28.5 Å². The molecule has 2 fully saturated rings. The number of hydrogen-bond acceptors (Lipinski definition) is 3. The second-order valence-corrected chi connectivity index (χ2v) is 9.53. The minimum atomic E-state index is -0.301. The van der Waals surface area contributed by atoms with E-state index in [0.717, 1.165) is 12.8 Å². The lowest BCUT2D eigenvalue weighted by atomic mass is 9.40. The number of Topliss-reactive ketones (excluding diaryl/α,β-unsaturated/α-hetero) is 1. The van der Waals surface area contributed by atoms with Crippen LogP contribution in [0.2, 0.25) is 0 Å². The van der Waals surface area contributed by atoms with Crippen molar-refractivity contribution < 1.29 is 14.3 Å². The van der Waals surface area contributed by atoms with Crippen LogP contribution < -0.4 is 0 Å². The molecule has 0 amide bonds. The van der Waals surface area contributed by atoms with E-state index in [1.165, 1.54) is 26.4 Å². The third-order valence-corrected chi connectivity index (χ3v) is 7.94. The number of carbonyl (C=O) groups excluding carboxylic acids is 2. The first-order valence-electron chi connectivity index (χ1n) is 9.41. The fourth-order valence-electron chi connectivity index (χ4n) is 6.80. The molecule has 3 nitrogen and oxygen atoms in total. The molecule has 3 rings (SSSR count). The van der Waals surface area contributed by atoms with Crippen molar-refractivity contribution in [3.05, 3.63) is 11.1 Å². The Hall–Kier alpha value is -1.12. The number of esters is 1. The summed E-state index contributed by atoms with van der Waals surface area (Å²) < 4.78 is 5.08. The molecule has 0 heterocycles. The molecule has 0 saturated heterocycles. The number of hydrogen-bond donors (Lipinski definition) is 0. The van der Waals surface area contributed by atoms with Gasteiger partial charge in [-0.1, -0.05) is 34.1 Å². The summed E-state index contributed by atoms with van der Waals surface area (Å²) in [5, 5.41) is 0. The van der Waals surface area contributed by atoms with E-state index in [9.17, 15) is 9.59 Å². The molecule has 3 aliphatic carbocycles. The first-order valence-corrected chi connectivity index (χ1v) is 9.41. The van der Waals surface area contributed by atoms with Gasteiger partial charge in [-0.3, -0.25) is 4.79 Å². The van der Waals surface area contributed by atoms with Crippen LogP contribution in [0.3, 0.4) is 0 Å². The van der Waals surface area contributed by atoms with Crippen LogP contribution in [0, 0.1) is 28.1 Å². The Balaban J connectivity index is 2.13. The van der Waals surface area contributed by atoms with Crippen molar-refractivity contribution in [1.29, 1.82) is 0 Å². The Morgan fingerprint density at radius 3 is 2.38 bits per heavy atom.